The Morgan fingerprint density at radius 3 is 2.80 bits per heavy atom. The monoisotopic (exact) mass is 295 g/mol. The van der Waals surface area contributed by atoms with Crippen molar-refractivity contribution in [1.29, 1.82) is 0 Å². The molecule has 1 heterocycles. The van der Waals surface area contributed by atoms with Crippen LogP contribution in [0.25, 0.3) is 0 Å². The fourth-order valence-electron chi connectivity index (χ4n) is 1.72. The molecule has 1 aromatic carbocycles. The van der Waals surface area contributed by atoms with Gasteiger partial charge in [-0.15, -0.1) is 0 Å². The molecule has 0 fully saturated rings. The molecule has 0 aliphatic rings. The van der Waals surface area contributed by atoms with E-state index in [9.17, 15) is 14.5 Å². The number of nitro groups is 1. The molecule has 0 saturated carbocycles. The highest BCUT2D eigenvalue weighted by atomic mass is 35.5. The van der Waals surface area contributed by atoms with Crippen LogP contribution in [0, 0.1) is 15.9 Å². The maximum absolute atomic E-state index is 13.1. The summed E-state index contributed by atoms with van der Waals surface area (Å²) in [5.74, 6) is -0.443. The zero-order chi connectivity index (χ0) is 14.7. The summed E-state index contributed by atoms with van der Waals surface area (Å²) < 4.78 is 13.1. The lowest BCUT2D eigenvalue weighted by molar-refractivity contribution is -0.384. The highest BCUT2D eigenvalue weighted by molar-refractivity contribution is 6.33. The van der Waals surface area contributed by atoms with Crippen molar-refractivity contribution in [3.8, 4) is 0 Å². The van der Waals surface area contributed by atoms with Crippen LogP contribution < -0.4 is 5.32 Å². The molecule has 1 aromatic heterocycles. The SMILES string of the molecule is CC(Nc1cc([N+](=O)[O-])ccc1Cl)c1cncc(F)c1. The number of aromatic nitrogens is 1. The molecule has 1 atom stereocenters. The number of non-ortho nitro benzene ring substituents is 1. The van der Waals surface area contributed by atoms with Crippen LogP contribution in [0.3, 0.4) is 0 Å². The maximum atomic E-state index is 13.1. The summed E-state index contributed by atoms with van der Waals surface area (Å²) in [6.07, 6.45) is 2.63. The van der Waals surface area contributed by atoms with Gasteiger partial charge in [0, 0.05) is 18.3 Å². The Morgan fingerprint density at radius 2 is 2.15 bits per heavy atom. The molecule has 0 aliphatic heterocycles. The highest BCUT2D eigenvalue weighted by Crippen LogP contribution is 2.29. The van der Waals surface area contributed by atoms with E-state index < -0.39 is 10.7 Å². The summed E-state index contributed by atoms with van der Waals surface area (Å²) in [4.78, 5) is 14.0. The predicted octanol–water partition coefficient (Wildman–Crippen LogP) is 3.96. The number of nitro benzene ring substituents is 1. The molecule has 0 spiro atoms. The van der Waals surface area contributed by atoms with Crippen molar-refractivity contribution < 1.29 is 9.31 Å². The van der Waals surface area contributed by atoms with Crippen molar-refractivity contribution in [2.45, 2.75) is 13.0 Å². The third-order valence-electron chi connectivity index (χ3n) is 2.76. The standard InChI is InChI=1S/C13H11ClFN3O2/c1-8(9-4-10(15)7-16-6-9)17-13-5-11(18(19)20)2-3-12(13)14/h2-8,17H,1H3. The van der Waals surface area contributed by atoms with E-state index in [0.29, 0.717) is 16.3 Å². The van der Waals surface area contributed by atoms with Crippen LogP contribution in [0.15, 0.2) is 36.7 Å². The molecule has 20 heavy (non-hydrogen) atoms. The maximum Gasteiger partial charge on any atom is 0.271 e. The molecule has 0 aliphatic carbocycles. The molecule has 1 N–H and O–H groups in total. The molecule has 0 radical (unpaired) electrons. The molecule has 2 rings (SSSR count). The number of hydrogen-bond donors (Lipinski definition) is 1. The molecule has 5 nitrogen and oxygen atoms in total. The molecule has 0 amide bonds. The number of nitrogens with zero attached hydrogens (tertiary/aromatic N) is 2. The van der Waals surface area contributed by atoms with Gasteiger partial charge in [-0.3, -0.25) is 15.1 Å². The van der Waals surface area contributed by atoms with E-state index in [1.54, 1.807) is 6.92 Å². The summed E-state index contributed by atoms with van der Waals surface area (Å²) in [5.41, 5.74) is 0.965. The first-order chi connectivity index (χ1) is 9.47. The van der Waals surface area contributed by atoms with Gasteiger partial charge in [-0.25, -0.2) is 4.39 Å². The first kappa shape index (κ1) is 14.2. The number of rotatable bonds is 4. The quantitative estimate of drug-likeness (QED) is 0.685. The third-order valence-corrected chi connectivity index (χ3v) is 3.09. The second kappa shape index (κ2) is 5.83. The Hall–Kier alpha value is -2.21. The minimum absolute atomic E-state index is 0.0681. The lowest BCUT2D eigenvalue weighted by Gasteiger charge is -2.16. The minimum atomic E-state index is -0.504. The second-order valence-electron chi connectivity index (χ2n) is 4.22. The van der Waals surface area contributed by atoms with Gasteiger partial charge in [0.05, 0.1) is 27.9 Å². The highest BCUT2D eigenvalue weighted by Gasteiger charge is 2.13. The number of halogens is 2. The van der Waals surface area contributed by atoms with Gasteiger partial charge in [0.1, 0.15) is 5.82 Å². The average Bonchev–Trinajstić information content (AvgIpc) is 2.41. The molecular weight excluding hydrogens is 285 g/mol. The van der Waals surface area contributed by atoms with Crippen LogP contribution in [0.1, 0.15) is 18.5 Å². The van der Waals surface area contributed by atoms with Gasteiger partial charge in [-0.1, -0.05) is 11.6 Å². The van der Waals surface area contributed by atoms with Crippen molar-refractivity contribution in [2.75, 3.05) is 5.32 Å². The predicted molar refractivity (Wildman–Crippen MR) is 74.3 cm³/mol. The van der Waals surface area contributed by atoms with Gasteiger partial charge in [0.2, 0.25) is 0 Å². The van der Waals surface area contributed by atoms with Crippen LogP contribution in [-0.2, 0) is 0 Å². The van der Waals surface area contributed by atoms with E-state index in [1.807, 2.05) is 0 Å². The minimum Gasteiger partial charge on any atom is -0.377 e. The zero-order valence-electron chi connectivity index (χ0n) is 10.5. The van der Waals surface area contributed by atoms with Crippen molar-refractivity contribution in [1.82, 2.24) is 4.98 Å². The van der Waals surface area contributed by atoms with Crippen LogP contribution >= 0.6 is 11.6 Å². The van der Waals surface area contributed by atoms with Gasteiger partial charge in [-0.2, -0.15) is 0 Å². The number of nitrogens with one attached hydrogen (secondary N) is 1. The lowest BCUT2D eigenvalue weighted by atomic mass is 10.1. The van der Waals surface area contributed by atoms with Crippen molar-refractivity contribution in [2.24, 2.45) is 0 Å². The van der Waals surface area contributed by atoms with Gasteiger partial charge >= 0.3 is 0 Å². The van der Waals surface area contributed by atoms with E-state index >= 15 is 0 Å². The molecule has 7 heteroatoms. The number of anilines is 1. The summed E-state index contributed by atoms with van der Waals surface area (Å²) in [5, 5.41) is 14.1. The Morgan fingerprint density at radius 1 is 1.40 bits per heavy atom. The van der Waals surface area contributed by atoms with Crippen LogP contribution in [-0.4, -0.2) is 9.91 Å². The topological polar surface area (TPSA) is 68.1 Å². The molecule has 0 bridgehead atoms. The largest absolute Gasteiger partial charge is 0.377 e. The molecule has 0 saturated heterocycles. The van der Waals surface area contributed by atoms with Crippen molar-refractivity contribution >= 4 is 23.0 Å². The Bertz CT molecular complexity index is 651. The normalized spacial score (nSPS) is 11.9. The first-order valence-electron chi connectivity index (χ1n) is 5.78. The molecule has 1 unspecified atom stereocenters. The summed E-state index contributed by atoms with van der Waals surface area (Å²) in [6, 6.07) is 5.15. The average molecular weight is 296 g/mol. The van der Waals surface area contributed by atoms with Crippen molar-refractivity contribution in [3.05, 3.63) is 63.2 Å². The number of hydrogen-bond acceptors (Lipinski definition) is 4. The molecule has 104 valence electrons. The lowest BCUT2D eigenvalue weighted by Crippen LogP contribution is -2.08. The van der Waals surface area contributed by atoms with E-state index in [0.717, 1.165) is 6.20 Å². The van der Waals surface area contributed by atoms with Crippen LogP contribution in [0.2, 0.25) is 5.02 Å². The zero-order valence-corrected chi connectivity index (χ0v) is 11.3. The van der Waals surface area contributed by atoms with E-state index in [-0.39, 0.29) is 11.7 Å². The Labute approximate surface area is 119 Å². The third kappa shape index (κ3) is 3.21. The fourth-order valence-corrected chi connectivity index (χ4v) is 1.89. The number of pyridine rings is 1. The smallest absolute Gasteiger partial charge is 0.271 e. The molecular formula is C13H11ClFN3O2. The summed E-state index contributed by atoms with van der Waals surface area (Å²) in [7, 11) is 0. The van der Waals surface area contributed by atoms with Crippen LogP contribution in [0.4, 0.5) is 15.8 Å². The van der Waals surface area contributed by atoms with Crippen LogP contribution in [0.5, 0.6) is 0 Å². The van der Waals surface area contributed by atoms with Gasteiger partial charge in [-0.05, 0) is 24.6 Å². The van der Waals surface area contributed by atoms with E-state index in [4.69, 9.17) is 11.6 Å². The summed E-state index contributed by atoms with van der Waals surface area (Å²) >= 11 is 5.99. The van der Waals surface area contributed by atoms with E-state index in [1.165, 1.54) is 30.5 Å². The summed E-state index contributed by atoms with van der Waals surface area (Å²) in [6.45, 7) is 1.78. The fraction of sp³-hybridized carbons (Fsp3) is 0.154. The number of benzene rings is 1. The Kier molecular flexibility index (Phi) is 4.14. The van der Waals surface area contributed by atoms with Gasteiger partial charge in [0.25, 0.3) is 5.69 Å². The van der Waals surface area contributed by atoms with Gasteiger partial charge in [0.15, 0.2) is 0 Å². The van der Waals surface area contributed by atoms with Crippen molar-refractivity contribution in [3.63, 3.8) is 0 Å². The van der Waals surface area contributed by atoms with E-state index in [2.05, 4.69) is 10.3 Å². The molecule has 2 aromatic rings. The van der Waals surface area contributed by atoms with Gasteiger partial charge < -0.3 is 5.32 Å². The first-order valence-corrected chi connectivity index (χ1v) is 6.16. The second-order valence-corrected chi connectivity index (χ2v) is 4.63. The Balaban J connectivity index is 2.25.